The fraction of sp³-hybridized carbons (Fsp3) is 0.579. The summed E-state index contributed by atoms with van der Waals surface area (Å²) >= 11 is 0. The van der Waals surface area contributed by atoms with Crippen LogP contribution >= 0.6 is 0 Å². The van der Waals surface area contributed by atoms with Crippen molar-refractivity contribution < 1.29 is 23.8 Å². The third-order valence-corrected chi connectivity index (χ3v) is 4.70. The summed E-state index contributed by atoms with van der Waals surface area (Å²) in [6.45, 7) is 0.969. The summed E-state index contributed by atoms with van der Waals surface area (Å²) in [5.74, 6) is 1.32. The van der Waals surface area contributed by atoms with E-state index in [0.717, 1.165) is 24.8 Å². The van der Waals surface area contributed by atoms with E-state index in [9.17, 15) is 9.59 Å². The van der Waals surface area contributed by atoms with Crippen LogP contribution in [0.15, 0.2) is 18.2 Å². The molecule has 0 aromatic heterocycles. The predicted octanol–water partition coefficient (Wildman–Crippen LogP) is 2.44. The van der Waals surface area contributed by atoms with Gasteiger partial charge in [0, 0.05) is 19.0 Å². The second-order valence-corrected chi connectivity index (χ2v) is 6.22. The van der Waals surface area contributed by atoms with Crippen LogP contribution in [0.2, 0.25) is 0 Å². The quantitative estimate of drug-likeness (QED) is 0.641. The molecule has 1 saturated carbocycles. The molecule has 0 bridgehead atoms. The van der Waals surface area contributed by atoms with Gasteiger partial charge in [-0.2, -0.15) is 0 Å². The fourth-order valence-corrected chi connectivity index (χ4v) is 2.87. The summed E-state index contributed by atoms with van der Waals surface area (Å²) in [5.41, 5.74) is 1.06. The van der Waals surface area contributed by atoms with Crippen LogP contribution in [0.4, 0.5) is 0 Å². The predicted molar refractivity (Wildman–Crippen MR) is 93.8 cm³/mol. The van der Waals surface area contributed by atoms with Crippen LogP contribution in [-0.4, -0.2) is 51.2 Å². The average molecular weight is 349 g/mol. The Morgan fingerprint density at radius 1 is 1.08 bits per heavy atom. The van der Waals surface area contributed by atoms with Crippen LogP contribution < -0.4 is 9.47 Å². The maximum absolute atomic E-state index is 12.6. The van der Waals surface area contributed by atoms with Crippen LogP contribution in [0.5, 0.6) is 11.5 Å². The van der Waals surface area contributed by atoms with Crippen molar-refractivity contribution in [2.24, 2.45) is 5.92 Å². The van der Waals surface area contributed by atoms with Crippen LogP contribution in [0.1, 0.15) is 31.2 Å². The van der Waals surface area contributed by atoms with Crippen molar-refractivity contribution in [3.05, 3.63) is 23.8 Å². The van der Waals surface area contributed by atoms with Crippen molar-refractivity contribution in [2.75, 3.05) is 34.4 Å². The number of amides is 1. The average Bonchev–Trinajstić information content (AvgIpc) is 2.59. The monoisotopic (exact) mass is 349 g/mol. The molecule has 1 fully saturated rings. The molecule has 25 heavy (non-hydrogen) atoms. The van der Waals surface area contributed by atoms with Gasteiger partial charge in [0.15, 0.2) is 11.5 Å². The molecular weight excluding hydrogens is 322 g/mol. The maximum atomic E-state index is 12.6. The van der Waals surface area contributed by atoms with Gasteiger partial charge in [0.1, 0.15) is 0 Å². The van der Waals surface area contributed by atoms with Gasteiger partial charge in [-0.15, -0.1) is 0 Å². The van der Waals surface area contributed by atoms with Gasteiger partial charge in [-0.25, -0.2) is 0 Å². The molecule has 0 saturated heterocycles. The van der Waals surface area contributed by atoms with Gasteiger partial charge in [-0.3, -0.25) is 9.59 Å². The van der Waals surface area contributed by atoms with Crippen molar-refractivity contribution in [3.8, 4) is 11.5 Å². The standard InChI is InChI=1S/C19H27NO5/c1-23-16-8-7-14(13-17(16)24-2)9-11-20(12-10-18(21)25-3)19(22)15-5-4-6-15/h7-8,13,15H,4-6,9-12H2,1-3H3. The Bertz CT molecular complexity index is 597. The first kappa shape index (κ1) is 19.1. The molecule has 138 valence electrons. The molecule has 6 nitrogen and oxygen atoms in total. The van der Waals surface area contributed by atoms with Crippen molar-refractivity contribution in [3.63, 3.8) is 0 Å². The normalized spacial score (nSPS) is 13.7. The highest BCUT2D eigenvalue weighted by molar-refractivity contribution is 5.80. The van der Waals surface area contributed by atoms with Crippen molar-refractivity contribution in [2.45, 2.75) is 32.1 Å². The molecule has 0 radical (unpaired) electrons. The first-order valence-electron chi connectivity index (χ1n) is 8.65. The van der Waals surface area contributed by atoms with Crippen molar-refractivity contribution >= 4 is 11.9 Å². The van der Waals surface area contributed by atoms with E-state index in [0.29, 0.717) is 31.0 Å². The Balaban J connectivity index is 2.00. The molecule has 1 aromatic carbocycles. The molecule has 0 aliphatic heterocycles. The van der Waals surface area contributed by atoms with E-state index in [1.807, 2.05) is 18.2 Å². The second kappa shape index (κ2) is 9.30. The minimum Gasteiger partial charge on any atom is -0.493 e. The molecule has 1 aliphatic carbocycles. The van der Waals surface area contributed by atoms with Crippen molar-refractivity contribution in [1.29, 1.82) is 0 Å². The zero-order valence-electron chi connectivity index (χ0n) is 15.2. The first-order valence-corrected chi connectivity index (χ1v) is 8.65. The number of hydrogen-bond acceptors (Lipinski definition) is 5. The number of nitrogens with zero attached hydrogens (tertiary/aromatic N) is 1. The van der Waals surface area contributed by atoms with Gasteiger partial charge in [0.05, 0.1) is 27.8 Å². The lowest BCUT2D eigenvalue weighted by atomic mass is 9.84. The summed E-state index contributed by atoms with van der Waals surface area (Å²) in [4.78, 5) is 25.8. The number of methoxy groups -OCH3 is 3. The lowest BCUT2D eigenvalue weighted by Gasteiger charge is -2.31. The Labute approximate surface area is 149 Å². The third kappa shape index (κ3) is 5.11. The Morgan fingerprint density at radius 2 is 1.80 bits per heavy atom. The van der Waals surface area contributed by atoms with Crippen LogP contribution in [0.3, 0.4) is 0 Å². The smallest absolute Gasteiger partial charge is 0.307 e. The summed E-state index contributed by atoms with van der Waals surface area (Å²) in [5, 5.41) is 0. The summed E-state index contributed by atoms with van der Waals surface area (Å²) in [7, 11) is 4.57. The highest BCUT2D eigenvalue weighted by atomic mass is 16.5. The zero-order chi connectivity index (χ0) is 18.2. The lowest BCUT2D eigenvalue weighted by molar-refractivity contribution is -0.143. The molecule has 1 aromatic rings. The molecule has 1 amide bonds. The minimum absolute atomic E-state index is 0.114. The molecule has 0 N–H and O–H groups in total. The van der Waals surface area contributed by atoms with Crippen molar-refractivity contribution in [1.82, 2.24) is 4.90 Å². The fourth-order valence-electron chi connectivity index (χ4n) is 2.87. The Morgan fingerprint density at radius 3 is 2.36 bits per heavy atom. The SMILES string of the molecule is COC(=O)CCN(CCc1ccc(OC)c(OC)c1)C(=O)C1CCC1. The summed E-state index contributed by atoms with van der Waals surface area (Å²) in [6, 6.07) is 5.75. The lowest BCUT2D eigenvalue weighted by Crippen LogP contribution is -2.41. The third-order valence-electron chi connectivity index (χ3n) is 4.70. The van der Waals surface area contributed by atoms with Gasteiger partial charge in [-0.05, 0) is 37.0 Å². The van der Waals surface area contributed by atoms with E-state index in [4.69, 9.17) is 14.2 Å². The first-order chi connectivity index (χ1) is 12.1. The van der Waals surface area contributed by atoms with E-state index >= 15 is 0 Å². The number of esters is 1. The number of carbonyl (C=O) groups is 2. The number of rotatable bonds is 9. The summed E-state index contributed by atoms with van der Waals surface area (Å²) < 4.78 is 15.3. The highest BCUT2D eigenvalue weighted by Crippen LogP contribution is 2.29. The second-order valence-electron chi connectivity index (χ2n) is 6.22. The highest BCUT2D eigenvalue weighted by Gasteiger charge is 2.29. The molecule has 1 aliphatic rings. The number of benzene rings is 1. The molecule has 0 spiro atoms. The van der Waals surface area contributed by atoms with E-state index in [-0.39, 0.29) is 24.2 Å². The number of ether oxygens (including phenoxy) is 3. The molecular formula is C19H27NO5. The summed E-state index contributed by atoms with van der Waals surface area (Å²) in [6.07, 6.45) is 3.92. The van der Waals surface area contributed by atoms with Crippen LogP contribution in [0.25, 0.3) is 0 Å². The topological polar surface area (TPSA) is 65.1 Å². The van der Waals surface area contributed by atoms with Crippen LogP contribution in [0, 0.1) is 5.92 Å². The van der Waals surface area contributed by atoms with Gasteiger partial charge >= 0.3 is 5.97 Å². The molecule has 0 heterocycles. The van der Waals surface area contributed by atoms with Gasteiger partial charge in [-0.1, -0.05) is 12.5 Å². The van der Waals surface area contributed by atoms with Gasteiger partial charge in [0.2, 0.25) is 5.91 Å². The van der Waals surface area contributed by atoms with E-state index in [1.54, 1.807) is 19.1 Å². The molecule has 6 heteroatoms. The minimum atomic E-state index is -0.294. The molecule has 2 rings (SSSR count). The van der Waals surface area contributed by atoms with E-state index < -0.39 is 0 Å². The van der Waals surface area contributed by atoms with E-state index in [1.165, 1.54) is 7.11 Å². The molecule has 0 unspecified atom stereocenters. The molecule has 0 atom stereocenters. The number of carbonyl (C=O) groups excluding carboxylic acids is 2. The maximum Gasteiger partial charge on any atom is 0.307 e. The van der Waals surface area contributed by atoms with E-state index in [2.05, 4.69) is 0 Å². The number of hydrogen-bond donors (Lipinski definition) is 0. The Hall–Kier alpha value is -2.24. The van der Waals surface area contributed by atoms with Gasteiger partial charge < -0.3 is 19.1 Å². The Kier molecular flexibility index (Phi) is 7.10. The zero-order valence-corrected chi connectivity index (χ0v) is 15.2. The van der Waals surface area contributed by atoms with Gasteiger partial charge in [0.25, 0.3) is 0 Å². The largest absolute Gasteiger partial charge is 0.493 e. The van der Waals surface area contributed by atoms with Crippen LogP contribution in [-0.2, 0) is 20.7 Å².